The third kappa shape index (κ3) is 3.37. The molecule has 0 radical (unpaired) electrons. The number of carbonyl (C=O) groups is 2. The van der Waals surface area contributed by atoms with Crippen molar-refractivity contribution in [2.45, 2.75) is 24.9 Å². The van der Waals surface area contributed by atoms with E-state index >= 15 is 0 Å². The van der Waals surface area contributed by atoms with Gasteiger partial charge in [0, 0.05) is 12.7 Å². The minimum Gasteiger partial charge on any atom is -0.465 e. The molecule has 1 saturated heterocycles. The minimum atomic E-state index is -0.983. The van der Waals surface area contributed by atoms with E-state index in [1.807, 2.05) is 6.07 Å². The van der Waals surface area contributed by atoms with Crippen LogP contribution in [0, 0.1) is 11.3 Å². The van der Waals surface area contributed by atoms with Crippen LogP contribution in [0.3, 0.4) is 0 Å². The zero-order valence-corrected chi connectivity index (χ0v) is 14.2. The fraction of sp³-hybridized carbons (Fsp3) is 0.333. The molecule has 1 aromatic heterocycles. The van der Waals surface area contributed by atoms with Crippen LogP contribution in [0.2, 0.25) is 0 Å². The highest BCUT2D eigenvalue weighted by atomic mass is 16.5. The van der Waals surface area contributed by atoms with Gasteiger partial charge in [0.25, 0.3) is 0 Å². The summed E-state index contributed by atoms with van der Waals surface area (Å²) in [5.74, 6) is -0.436. The molecule has 8 heteroatoms. The summed E-state index contributed by atoms with van der Waals surface area (Å²) in [4.78, 5) is 24.6. The highest BCUT2D eigenvalue weighted by Gasteiger charge is 2.33. The first-order chi connectivity index (χ1) is 12.5. The van der Waals surface area contributed by atoms with Gasteiger partial charge < -0.3 is 14.7 Å². The molecule has 0 bridgehead atoms. The van der Waals surface area contributed by atoms with Gasteiger partial charge in [-0.05, 0) is 30.5 Å². The van der Waals surface area contributed by atoms with Gasteiger partial charge in [-0.2, -0.15) is 10.4 Å². The molecule has 26 heavy (non-hydrogen) atoms. The van der Waals surface area contributed by atoms with Crippen molar-refractivity contribution < 1.29 is 19.4 Å². The molecule has 1 aliphatic rings. The Morgan fingerprint density at radius 3 is 2.65 bits per heavy atom. The molecule has 0 spiro atoms. The number of esters is 1. The van der Waals surface area contributed by atoms with Gasteiger partial charge in [0.2, 0.25) is 0 Å². The van der Waals surface area contributed by atoms with E-state index in [9.17, 15) is 14.7 Å². The lowest BCUT2D eigenvalue weighted by molar-refractivity contribution is 0.0600. The number of carboxylic acid groups (broad SMARTS) is 1. The Hall–Kier alpha value is -3.34. The molecule has 0 saturated carbocycles. The van der Waals surface area contributed by atoms with Gasteiger partial charge in [-0.3, -0.25) is 4.68 Å². The Labute approximate surface area is 150 Å². The second-order valence-corrected chi connectivity index (χ2v) is 6.10. The second kappa shape index (κ2) is 7.27. The average Bonchev–Trinajstić information content (AvgIpc) is 3.16. The maximum atomic E-state index is 11.6. The molecule has 0 unspecified atom stereocenters. The zero-order chi connectivity index (χ0) is 18.7. The first kappa shape index (κ1) is 17.5. The summed E-state index contributed by atoms with van der Waals surface area (Å²) in [6, 6.07) is 8.45. The lowest BCUT2D eigenvalue weighted by Crippen LogP contribution is -2.40. The van der Waals surface area contributed by atoms with Crippen LogP contribution in [-0.4, -0.2) is 45.5 Å². The Morgan fingerprint density at radius 2 is 2.08 bits per heavy atom. The molecular weight excluding hydrogens is 336 g/mol. The van der Waals surface area contributed by atoms with Crippen molar-refractivity contribution in [3.05, 3.63) is 53.3 Å². The van der Waals surface area contributed by atoms with E-state index in [0.717, 1.165) is 5.56 Å². The third-order valence-electron chi connectivity index (χ3n) is 4.64. The highest BCUT2D eigenvalue weighted by molar-refractivity contribution is 5.89. The van der Waals surface area contributed by atoms with Gasteiger partial charge in [-0.1, -0.05) is 12.1 Å². The summed E-state index contributed by atoms with van der Waals surface area (Å²) < 4.78 is 6.42. The Balaban J connectivity index is 1.86. The van der Waals surface area contributed by atoms with Crippen molar-refractivity contribution in [3.63, 3.8) is 0 Å². The monoisotopic (exact) mass is 354 g/mol. The average molecular weight is 354 g/mol. The van der Waals surface area contributed by atoms with Crippen LogP contribution >= 0.6 is 0 Å². The summed E-state index contributed by atoms with van der Waals surface area (Å²) in [5.41, 5.74) is 1.69. The largest absolute Gasteiger partial charge is 0.465 e. The van der Waals surface area contributed by atoms with E-state index in [2.05, 4.69) is 9.84 Å². The summed E-state index contributed by atoms with van der Waals surface area (Å²) in [7, 11) is 1.31. The molecule has 1 N–H and O–H groups in total. The molecule has 1 fully saturated rings. The van der Waals surface area contributed by atoms with Crippen LogP contribution in [-0.2, 0) is 4.74 Å². The number of hydrogen-bond donors (Lipinski definition) is 1. The lowest BCUT2D eigenvalue weighted by Gasteiger charge is -2.38. The molecule has 1 aromatic carbocycles. The van der Waals surface area contributed by atoms with Crippen LogP contribution in [0.15, 0.2) is 36.7 Å². The van der Waals surface area contributed by atoms with E-state index in [-0.39, 0.29) is 12.1 Å². The maximum absolute atomic E-state index is 11.6. The number of hydrogen-bond acceptors (Lipinski definition) is 5. The molecule has 1 aliphatic heterocycles. The fourth-order valence-electron chi connectivity index (χ4n) is 3.29. The number of piperidine rings is 1. The SMILES string of the molecule is COC(=O)c1ccc([C@H]2C[C@H](n3cc(C#N)cn3)CCN2C(=O)O)cc1. The number of carbonyl (C=O) groups excluding carboxylic acids is 1. The van der Waals surface area contributed by atoms with Crippen molar-refractivity contribution >= 4 is 12.1 Å². The number of amides is 1. The van der Waals surface area contributed by atoms with Crippen molar-refractivity contribution in [3.8, 4) is 6.07 Å². The topological polar surface area (TPSA) is 108 Å². The van der Waals surface area contributed by atoms with Crippen LogP contribution in [0.4, 0.5) is 4.79 Å². The van der Waals surface area contributed by atoms with Gasteiger partial charge >= 0.3 is 12.1 Å². The normalized spacial score (nSPS) is 19.6. The molecule has 134 valence electrons. The predicted octanol–water partition coefficient (Wildman–Crippen LogP) is 2.60. The van der Waals surface area contributed by atoms with Crippen LogP contribution < -0.4 is 0 Å². The van der Waals surface area contributed by atoms with E-state index in [0.29, 0.717) is 30.5 Å². The number of nitriles is 1. The van der Waals surface area contributed by atoms with E-state index in [1.165, 1.54) is 18.2 Å². The van der Waals surface area contributed by atoms with Crippen LogP contribution in [0.5, 0.6) is 0 Å². The Morgan fingerprint density at radius 1 is 1.35 bits per heavy atom. The standard InChI is InChI=1S/C18H18N4O4/c1-26-17(23)14-4-2-13(3-5-14)16-8-15(6-7-21(16)18(24)25)22-11-12(9-19)10-20-22/h2-5,10-11,15-16H,6-8H2,1H3,(H,24,25)/t15-,16-/m1/s1. The molecular formula is C18H18N4O4. The van der Waals surface area contributed by atoms with Crippen molar-refractivity contribution in [2.75, 3.05) is 13.7 Å². The number of benzene rings is 1. The van der Waals surface area contributed by atoms with Crippen molar-refractivity contribution in [2.24, 2.45) is 0 Å². The smallest absolute Gasteiger partial charge is 0.407 e. The number of aromatic nitrogens is 2. The summed E-state index contributed by atoms with van der Waals surface area (Å²) >= 11 is 0. The summed E-state index contributed by atoms with van der Waals surface area (Å²) in [5, 5.41) is 22.7. The molecule has 2 atom stereocenters. The number of likely N-dealkylation sites (tertiary alicyclic amines) is 1. The van der Waals surface area contributed by atoms with Crippen molar-refractivity contribution in [1.82, 2.24) is 14.7 Å². The van der Waals surface area contributed by atoms with E-state index < -0.39 is 12.1 Å². The quantitative estimate of drug-likeness (QED) is 0.849. The second-order valence-electron chi connectivity index (χ2n) is 6.10. The van der Waals surface area contributed by atoms with Gasteiger partial charge in [0.05, 0.1) is 36.5 Å². The minimum absolute atomic E-state index is 0.00187. The summed E-state index contributed by atoms with van der Waals surface area (Å²) in [6.45, 7) is 0.366. The van der Waals surface area contributed by atoms with Crippen LogP contribution in [0.1, 0.15) is 46.4 Å². The highest BCUT2D eigenvalue weighted by Crippen LogP contribution is 2.36. The third-order valence-corrected chi connectivity index (χ3v) is 4.64. The van der Waals surface area contributed by atoms with Gasteiger partial charge in [0.1, 0.15) is 6.07 Å². The van der Waals surface area contributed by atoms with E-state index in [4.69, 9.17) is 5.26 Å². The molecule has 0 aliphatic carbocycles. The number of rotatable bonds is 3. The maximum Gasteiger partial charge on any atom is 0.407 e. The number of methoxy groups -OCH3 is 1. The van der Waals surface area contributed by atoms with E-state index in [1.54, 1.807) is 35.1 Å². The van der Waals surface area contributed by atoms with Gasteiger partial charge in [-0.15, -0.1) is 0 Å². The van der Waals surface area contributed by atoms with Crippen molar-refractivity contribution in [1.29, 1.82) is 5.26 Å². The summed E-state index contributed by atoms with van der Waals surface area (Å²) in [6.07, 6.45) is 3.36. The lowest BCUT2D eigenvalue weighted by atomic mass is 9.91. The number of nitrogens with zero attached hydrogens (tertiary/aromatic N) is 4. The molecule has 3 rings (SSSR count). The first-order valence-electron chi connectivity index (χ1n) is 8.15. The van der Waals surface area contributed by atoms with Crippen LogP contribution in [0.25, 0.3) is 0 Å². The molecule has 1 amide bonds. The Kier molecular flexibility index (Phi) is 4.89. The predicted molar refractivity (Wildman–Crippen MR) is 90.5 cm³/mol. The molecule has 8 nitrogen and oxygen atoms in total. The fourth-order valence-corrected chi connectivity index (χ4v) is 3.29. The number of ether oxygens (including phenoxy) is 1. The van der Waals surface area contributed by atoms with Gasteiger partial charge in [0.15, 0.2) is 0 Å². The molecule has 2 heterocycles. The zero-order valence-electron chi connectivity index (χ0n) is 14.2. The van der Waals surface area contributed by atoms with Gasteiger partial charge in [-0.25, -0.2) is 9.59 Å². The Bertz CT molecular complexity index is 853. The molecule has 2 aromatic rings. The first-order valence-corrected chi connectivity index (χ1v) is 8.15.